The van der Waals surface area contributed by atoms with Gasteiger partial charge in [-0.15, -0.1) is 30.4 Å². The normalized spacial score (nSPS) is 18.6. The molecule has 1 N–H and O–H groups in total. The fraction of sp³-hybridized carbons (Fsp3) is 0.478. The lowest BCUT2D eigenvalue weighted by Gasteiger charge is -2.39. The highest BCUT2D eigenvalue weighted by molar-refractivity contribution is 14.0. The van der Waals surface area contributed by atoms with Crippen molar-refractivity contribution in [2.45, 2.75) is 32.9 Å². The number of piperidine rings is 1. The third kappa shape index (κ3) is 6.53. The van der Waals surface area contributed by atoms with E-state index in [1.165, 1.54) is 0 Å². The number of imidazole rings is 1. The van der Waals surface area contributed by atoms with Gasteiger partial charge in [-0.2, -0.15) is 0 Å². The third-order valence-corrected chi connectivity index (χ3v) is 5.41. The Morgan fingerprint density at radius 2 is 2.23 bits per heavy atom. The monoisotopic (exact) mass is 537 g/mol. The van der Waals surface area contributed by atoms with Crippen LogP contribution in [0.15, 0.2) is 41.9 Å². The minimum absolute atomic E-state index is 0. The predicted molar refractivity (Wildman–Crippen MR) is 134 cm³/mol. The van der Waals surface area contributed by atoms with Gasteiger partial charge in [0.2, 0.25) is 0 Å². The molecular formula is C23H32IN5O2. The van der Waals surface area contributed by atoms with E-state index < -0.39 is 0 Å². The number of methoxy groups -OCH3 is 1. The number of halogens is 1. The van der Waals surface area contributed by atoms with Crippen LogP contribution in [0.4, 0.5) is 0 Å². The molecule has 1 aliphatic heterocycles. The van der Waals surface area contributed by atoms with E-state index in [0.29, 0.717) is 30.0 Å². The van der Waals surface area contributed by atoms with E-state index in [1.807, 2.05) is 36.9 Å². The zero-order valence-electron chi connectivity index (χ0n) is 18.5. The van der Waals surface area contributed by atoms with E-state index in [1.54, 1.807) is 7.11 Å². The van der Waals surface area contributed by atoms with Crippen molar-refractivity contribution in [1.82, 2.24) is 19.8 Å². The van der Waals surface area contributed by atoms with Crippen LogP contribution in [0.5, 0.6) is 11.5 Å². The number of aromatic nitrogens is 2. The van der Waals surface area contributed by atoms with Gasteiger partial charge in [0.25, 0.3) is 0 Å². The first-order chi connectivity index (χ1) is 14.7. The van der Waals surface area contributed by atoms with Crippen LogP contribution < -0.4 is 14.8 Å². The first-order valence-electron chi connectivity index (χ1n) is 10.4. The number of nitrogens with one attached hydrogen (secondary N) is 1. The topological polar surface area (TPSA) is 63.9 Å². The molecule has 168 valence electrons. The summed E-state index contributed by atoms with van der Waals surface area (Å²) in [5.74, 6) is 5.31. The van der Waals surface area contributed by atoms with E-state index in [0.717, 1.165) is 37.6 Å². The van der Waals surface area contributed by atoms with Gasteiger partial charge in [0.1, 0.15) is 6.61 Å². The van der Waals surface area contributed by atoms with Crippen LogP contribution in [-0.2, 0) is 6.54 Å². The fourth-order valence-electron chi connectivity index (χ4n) is 3.74. The van der Waals surface area contributed by atoms with Gasteiger partial charge in [-0.05, 0) is 37.0 Å². The van der Waals surface area contributed by atoms with Crippen molar-refractivity contribution in [2.75, 3.05) is 33.4 Å². The molecule has 0 spiro atoms. The smallest absolute Gasteiger partial charge is 0.194 e. The van der Waals surface area contributed by atoms with Gasteiger partial charge in [0.15, 0.2) is 17.5 Å². The summed E-state index contributed by atoms with van der Waals surface area (Å²) >= 11 is 0. The Morgan fingerprint density at radius 3 is 2.90 bits per heavy atom. The third-order valence-electron chi connectivity index (χ3n) is 5.41. The average Bonchev–Trinajstić information content (AvgIpc) is 3.30. The number of terminal acetylenes is 1. The molecule has 2 aromatic rings. The zero-order chi connectivity index (χ0) is 21.3. The highest BCUT2D eigenvalue weighted by atomic mass is 127. The maximum atomic E-state index is 5.61. The molecule has 1 aromatic heterocycles. The Kier molecular flexibility index (Phi) is 9.98. The van der Waals surface area contributed by atoms with E-state index in [2.05, 4.69) is 39.5 Å². The van der Waals surface area contributed by atoms with E-state index in [-0.39, 0.29) is 30.6 Å². The Labute approximate surface area is 202 Å². The van der Waals surface area contributed by atoms with Gasteiger partial charge in [-0.3, -0.25) is 0 Å². The molecule has 0 saturated carbocycles. The standard InChI is InChI=1S/C23H31N5O2.HI/c1-5-13-30-22-14-19(7-8-21(22)29-4)15-26-23(25-6-2)27-11-9-18(3)20(16-27)28-12-10-24-17-28;/h1,7-8,10,12,14,17-18,20H,6,9,11,13,15-16H2,2-4H3,(H,25,26);1H. The van der Waals surface area contributed by atoms with Crippen LogP contribution in [-0.4, -0.2) is 53.8 Å². The molecule has 1 aromatic carbocycles. The molecule has 31 heavy (non-hydrogen) atoms. The Hall–Kier alpha value is -2.41. The maximum Gasteiger partial charge on any atom is 0.194 e. The summed E-state index contributed by atoms with van der Waals surface area (Å²) < 4.78 is 13.2. The number of rotatable bonds is 7. The van der Waals surface area contributed by atoms with Crippen molar-refractivity contribution in [3.63, 3.8) is 0 Å². The van der Waals surface area contributed by atoms with Crippen LogP contribution in [0.25, 0.3) is 0 Å². The van der Waals surface area contributed by atoms with Crippen molar-refractivity contribution in [2.24, 2.45) is 10.9 Å². The summed E-state index contributed by atoms with van der Waals surface area (Å²) in [6, 6.07) is 6.22. The van der Waals surface area contributed by atoms with Crippen molar-refractivity contribution in [1.29, 1.82) is 0 Å². The van der Waals surface area contributed by atoms with Crippen molar-refractivity contribution < 1.29 is 9.47 Å². The second-order valence-corrected chi connectivity index (χ2v) is 7.44. The molecule has 1 fully saturated rings. The van der Waals surface area contributed by atoms with E-state index in [4.69, 9.17) is 20.9 Å². The molecule has 8 heteroatoms. The number of guanidine groups is 1. The van der Waals surface area contributed by atoms with Gasteiger partial charge in [-0.1, -0.05) is 18.9 Å². The summed E-state index contributed by atoms with van der Waals surface area (Å²) in [5.41, 5.74) is 1.04. The summed E-state index contributed by atoms with van der Waals surface area (Å²) in [4.78, 5) is 11.5. The molecule has 2 atom stereocenters. The van der Waals surface area contributed by atoms with Crippen LogP contribution in [0.2, 0.25) is 0 Å². The number of aliphatic imine (C=N–C) groups is 1. The lowest BCUT2D eigenvalue weighted by atomic mass is 9.93. The summed E-state index contributed by atoms with van der Waals surface area (Å²) in [5, 5.41) is 3.44. The van der Waals surface area contributed by atoms with E-state index >= 15 is 0 Å². The number of benzene rings is 1. The average molecular weight is 537 g/mol. The molecule has 0 aliphatic carbocycles. The molecule has 7 nitrogen and oxygen atoms in total. The molecular weight excluding hydrogens is 505 g/mol. The SMILES string of the molecule is C#CCOc1cc(CN=C(NCC)N2CCC(C)C(n3ccnc3)C2)ccc1OC.I. The molecule has 0 amide bonds. The second kappa shape index (κ2) is 12.4. The second-order valence-electron chi connectivity index (χ2n) is 7.44. The lowest BCUT2D eigenvalue weighted by Crippen LogP contribution is -2.49. The molecule has 0 bridgehead atoms. The van der Waals surface area contributed by atoms with Crippen LogP contribution in [0.1, 0.15) is 31.9 Å². The Balaban J connectivity index is 0.00000341. The fourth-order valence-corrected chi connectivity index (χ4v) is 3.74. The van der Waals surface area contributed by atoms with Gasteiger partial charge < -0.3 is 24.3 Å². The molecule has 3 rings (SSSR count). The van der Waals surface area contributed by atoms with Gasteiger partial charge in [0.05, 0.1) is 26.0 Å². The van der Waals surface area contributed by atoms with Gasteiger partial charge in [0, 0.05) is 32.0 Å². The lowest BCUT2D eigenvalue weighted by molar-refractivity contribution is 0.189. The Bertz CT molecular complexity index is 879. The number of ether oxygens (including phenoxy) is 2. The van der Waals surface area contributed by atoms with Crippen molar-refractivity contribution in [3.05, 3.63) is 42.5 Å². The van der Waals surface area contributed by atoms with Crippen molar-refractivity contribution >= 4 is 29.9 Å². The van der Waals surface area contributed by atoms with Gasteiger partial charge in [-0.25, -0.2) is 9.98 Å². The van der Waals surface area contributed by atoms with Gasteiger partial charge >= 0.3 is 0 Å². The first-order valence-corrected chi connectivity index (χ1v) is 10.4. The predicted octanol–water partition coefficient (Wildman–Crippen LogP) is 3.57. The minimum atomic E-state index is 0. The number of hydrogen-bond donors (Lipinski definition) is 1. The van der Waals surface area contributed by atoms with Crippen LogP contribution in [0, 0.1) is 18.3 Å². The zero-order valence-corrected chi connectivity index (χ0v) is 20.8. The summed E-state index contributed by atoms with van der Waals surface area (Å²) in [6.07, 6.45) is 12.2. The Morgan fingerprint density at radius 1 is 1.39 bits per heavy atom. The number of hydrogen-bond acceptors (Lipinski definition) is 4. The maximum absolute atomic E-state index is 5.61. The number of likely N-dealkylation sites (tertiary alicyclic amines) is 1. The largest absolute Gasteiger partial charge is 0.493 e. The van der Waals surface area contributed by atoms with Crippen LogP contribution in [0.3, 0.4) is 0 Å². The highest BCUT2D eigenvalue weighted by Gasteiger charge is 2.28. The molecule has 1 aliphatic rings. The first kappa shape index (κ1) is 24.9. The van der Waals surface area contributed by atoms with E-state index in [9.17, 15) is 0 Å². The molecule has 2 unspecified atom stereocenters. The quantitative estimate of drug-likeness (QED) is 0.253. The molecule has 0 radical (unpaired) electrons. The summed E-state index contributed by atoms with van der Waals surface area (Å²) in [6.45, 7) is 7.85. The van der Waals surface area contributed by atoms with Crippen LogP contribution >= 0.6 is 24.0 Å². The summed E-state index contributed by atoms with van der Waals surface area (Å²) in [7, 11) is 1.62. The highest BCUT2D eigenvalue weighted by Crippen LogP contribution is 2.29. The van der Waals surface area contributed by atoms with Crippen molar-refractivity contribution in [3.8, 4) is 23.8 Å². The molecule has 1 saturated heterocycles. The molecule has 2 heterocycles. The number of nitrogens with zero attached hydrogens (tertiary/aromatic N) is 4. The minimum Gasteiger partial charge on any atom is -0.493 e.